The molecule has 196 valence electrons. The van der Waals surface area contributed by atoms with Gasteiger partial charge in [-0.05, 0) is 59.2 Å². The molecule has 0 aromatic heterocycles. The molecule has 1 amide bonds. The number of piperazine rings is 1. The maximum absolute atomic E-state index is 13.1. The number of nitrogens with one attached hydrogen (secondary N) is 1. The van der Waals surface area contributed by atoms with Crippen molar-refractivity contribution in [1.29, 1.82) is 0 Å². The van der Waals surface area contributed by atoms with Crippen molar-refractivity contribution in [2.45, 2.75) is 12.7 Å². The fourth-order valence-corrected chi connectivity index (χ4v) is 4.73. The minimum Gasteiger partial charge on any atom is -0.369 e. The summed E-state index contributed by atoms with van der Waals surface area (Å²) in [6, 6.07) is 30.0. The first-order valence-corrected chi connectivity index (χ1v) is 12.6. The van der Waals surface area contributed by atoms with Crippen molar-refractivity contribution in [1.82, 2.24) is 4.90 Å². The number of benzene rings is 4. The maximum Gasteiger partial charge on any atom is 0.416 e. The van der Waals surface area contributed by atoms with Crippen LogP contribution in [-0.2, 0) is 12.7 Å². The van der Waals surface area contributed by atoms with E-state index in [1.807, 2.05) is 30.3 Å². The van der Waals surface area contributed by atoms with E-state index in [1.165, 1.54) is 17.7 Å². The number of anilines is 2. The molecule has 38 heavy (non-hydrogen) atoms. The van der Waals surface area contributed by atoms with Crippen LogP contribution < -0.4 is 10.2 Å². The number of hydrogen-bond acceptors (Lipinski definition) is 3. The second-order valence-corrected chi connectivity index (χ2v) is 9.37. The van der Waals surface area contributed by atoms with E-state index in [9.17, 15) is 18.0 Å². The molecule has 5 rings (SSSR count). The number of carbonyl (C=O) groups excluding carboxylic acids is 1. The minimum absolute atomic E-state index is 0. The molecule has 1 aliphatic rings. The summed E-state index contributed by atoms with van der Waals surface area (Å²) >= 11 is 0. The lowest BCUT2D eigenvalue weighted by molar-refractivity contribution is -0.137. The van der Waals surface area contributed by atoms with Crippen LogP contribution in [-0.4, -0.2) is 37.0 Å². The van der Waals surface area contributed by atoms with Gasteiger partial charge in [-0.2, -0.15) is 13.2 Å². The SMILES string of the molecule is O=C(Nc1ccc(N2CCN(Cc3ccccc3)CC2)cc1)c1ccccc1-c1ccc(C(F)(F)F)cc1.[HH]. The van der Waals surface area contributed by atoms with Crippen LogP contribution in [0, 0.1) is 0 Å². The zero-order valence-corrected chi connectivity index (χ0v) is 20.8. The summed E-state index contributed by atoms with van der Waals surface area (Å²) in [5, 5.41) is 2.92. The smallest absolute Gasteiger partial charge is 0.369 e. The van der Waals surface area contributed by atoms with Crippen LogP contribution in [0.4, 0.5) is 24.5 Å². The Kier molecular flexibility index (Phi) is 7.47. The Morgan fingerprint density at radius 2 is 1.39 bits per heavy atom. The number of carbonyl (C=O) groups is 1. The van der Waals surface area contributed by atoms with Crippen LogP contribution in [0.5, 0.6) is 0 Å². The van der Waals surface area contributed by atoms with Gasteiger partial charge in [0.1, 0.15) is 0 Å². The van der Waals surface area contributed by atoms with E-state index in [2.05, 4.69) is 39.4 Å². The summed E-state index contributed by atoms with van der Waals surface area (Å²) in [4.78, 5) is 17.9. The Morgan fingerprint density at radius 3 is 2.05 bits per heavy atom. The van der Waals surface area contributed by atoms with Crippen molar-refractivity contribution in [3.8, 4) is 11.1 Å². The molecule has 0 aliphatic carbocycles. The summed E-state index contributed by atoms with van der Waals surface area (Å²) in [6.45, 7) is 4.77. The molecule has 4 aromatic rings. The summed E-state index contributed by atoms with van der Waals surface area (Å²) in [5.41, 5.74) is 3.87. The van der Waals surface area contributed by atoms with Gasteiger partial charge in [-0.15, -0.1) is 0 Å². The van der Waals surface area contributed by atoms with E-state index in [4.69, 9.17) is 0 Å². The lowest BCUT2D eigenvalue weighted by Crippen LogP contribution is -2.45. The maximum atomic E-state index is 13.1. The van der Waals surface area contributed by atoms with Crippen LogP contribution in [0.1, 0.15) is 22.9 Å². The van der Waals surface area contributed by atoms with Crippen molar-refractivity contribution >= 4 is 17.3 Å². The van der Waals surface area contributed by atoms with E-state index < -0.39 is 11.7 Å². The Labute approximate surface area is 221 Å². The third kappa shape index (κ3) is 6.06. The van der Waals surface area contributed by atoms with Gasteiger partial charge in [0.05, 0.1) is 5.56 Å². The van der Waals surface area contributed by atoms with Crippen molar-refractivity contribution in [2.75, 3.05) is 36.4 Å². The monoisotopic (exact) mass is 517 g/mol. The highest BCUT2D eigenvalue weighted by Gasteiger charge is 2.30. The Balaban J connectivity index is 0.00000353. The number of halogens is 3. The molecule has 1 fully saturated rings. The van der Waals surface area contributed by atoms with E-state index >= 15 is 0 Å². The second kappa shape index (κ2) is 11.1. The van der Waals surface area contributed by atoms with Crippen molar-refractivity contribution in [2.24, 2.45) is 0 Å². The van der Waals surface area contributed by atoms with Gasteiger partial charge in [0.2, 0.25) is 0 Å². The molecule has 1 N–H and O–H groups in total. The molecule has 0 spiro atoms. The van der Waals surface area contributed by atoms with Gasteiger partial charge >= 0.3 is 6.18 Å². The summed E-state index contributed by atoms with van der Waals surface area (Å²) in [6.07, 6.45) is -4.41. The summed E-state index contributed by atoms with van der Waals surface area (Å²) < 4.78 is 38.8. The predicted octanol–water partition coefficient (Wildman–Crippen LogP) is 7.19. The fourth-order valence-electron chi connectivity index (χ4n) is 4.73. The first-order valence-electron chi connectivity index (χ1n) is 12.6. The van der Waals surface area contributed by atoms with Gasteiger partial charge in [-0.1, -0.05) is 60.7 Å². The highest BCUT2D eigenvalue weighted by atomic mass is 19.4. The van der Waals surface area contributed by atoms with E-state index in [1.54, 1.807) is 24.3 Å². The highest BCUT2D eigenvalue weighted by Crippen LogP contribution is 2.32. The van der Waals surface area contributed by atoms with Crippen LogP contribution in [0.15, 0.2) is 103 Å². The Bertz CT molecular complexity index is 1370. The van der Waals surface area contributed by atoms with Crippen LogP contribution in [0.25, 0.3) is 11.1 Å². The van der Waals surface area contributed by atoms with E-state index in [0.717, 1.165) is 50.5 Å². The number of amides is 1. The summed E-state index contributed by atoms with van der Waals surface area (Å²) in [7, 11) is 0. The van der Waals surface area contributed by atoms with Gasteiger partial charge in [0.25, 0.3) is 5.91 Å². The predicted molar refractivity (Wildman–Crippen MR) is 147 cm³/mol. The average Bonchev–Trinajstić information content (AvgIpc) is 2.94. The number of rotatable bonds is 6. The first-order chi connectivity index (χ1) is 18.4. The molecule has 7 heteroatoms. The standard InChI is InChI=1S/C31H28F3N3O.H2/c32-31(33,34)25-12-10-24(11-13-25)28-8-4-5-9-29(28)30(38)35-26-14-16-27(17-15-26)37-20-18-36(19-21-37)22-23-6-2-1-3-7-23;/h1-17H,18-22H2,(H,35,38);1H. The van der Waals surface area contributed by atoms with Crippen LogP contribution in [0.3, 0.4) is 0 Å². The molecule has 1 aliphatic heterocycles. The molecule has 0 radical (unpaired) electrons. The normalized spacial score (nSPS) is 14.3. The molecule has 4 nitrogen and oxygen atoms in total. The molecule has 1 heterocycles. The Hall–Kier alpha value is -4.10. The number of nitrogens with zero attached hydrogens (tertiary/aromatic N) is 2. The van der Waals surface area contributed by atoms with E-state index in [-0.39, 0.29) is 7.33 Å². The molecule has 0 bridgehead atoms. The van der Waals surface area contributed by atoms with Crippen molar-refractivity contribution in [3.05, 3.63) is 120 Å². The molecule has 1 saturated heterocycles. The van der Waals surface area contributed by atoms with E-state index in [0.29, 0.717) is 22.4 Å². The molecular formula is C31H30F3N3O. The average molecular weight is 518 g/mol. The molecule has 0 atom stereocenters. The van der Waals surface area contributed by atoms with Crippen molar-refractivity contribution in [3.63, 3.8) is 0 Å². The fraction of sp³-hybridized carbons (Fsp3) is 0.194. The van der Waals surface area contributed by atoms with Crippen LogP contribution in [0.2, 0.25) is 0 Å². The molecular weight excluding hydrogens is 487 g/mol. The number of hydrogen-bond donors (Lipinski definition) is 1. The minimum atomic E-state index is -4.41. The quantitative estimate of drug-likeness (QED) is 0.294. The third-order valence-corrected chi connectivity index (χ3v) is 6.81. The van der Waals surface area contributed by atoms with Gasteiger partial charge in [0, 0.05) is 51.1 Å². The largest absolute Gasteiger partial charge is 0.416 e. The van der Waals surface area contributed by atoms with Gasteiger partial charge < -0.3 is 10.2 Å². The Morgan fingerprint density at radius 1 is 0.763 bits per heavy atom. The molecule has 4 aromatic carbocycles. The number of alkyl halides is 3. The first kappa shape index (κ1) is 25.5. The van der Waals surface area contributed by atoms with Gasteiger partial charge in [-0.25, -0.2) is 0 Å². The van der Waals surface area contributed by atoms with Crippen LogP contribution >= 0.6 is 0 Å². The second-order valence-electron chi connectivity index (χ2n) is 9.37. The van der Waals surface area contributed by atoms with Gasteiger partial charge in [0.15, 0.2) is 0 Å². The lowest BCUT2D eigenvalue weighted by Gasteiger charge is -2.36. The highest BCUT2D eigenvalue weighted by molar-refractivity contribution is 6.08. The lowest BCUT2D eigenvalue weighted by atomic mass is 9.98. The zero-order valence-electron chi connectivity index (χ0n) is 20.8. The third-order valence-electron chi connectivity index (χ3n) is 6.81. The zero-order chi connectivity index (χ0) is 26.5. The molecule has 0 saturated carbocycles. The molecule has 0 unspecified atom stereocenters. The van der Waals surface area contributed by atoms with Crippen molar-refractivity contribution < 1.29 is 19.4 Å². The topological polar surface area (TPSA) is 35.6 Å². The summed E-state index contributed by atoms with van der Waals surface area (Å²) in [5.74, 6) is -0.317. The van der Waals surface area contributed by atoms with Gasteiger partial charge in [-0.3, -0.25) is 9.69 Å².